The fourth-order valence-electron chi connectivity index (χ4n) is 3.40. The molecular formula is C20H31N3O5S2. The maximum absolute atomic E-state index is 13.0. The van der Waals surface area contributed by atoms with Gasteiger partial charge in [0, 0.05) is 26.2 Å². The molecule has 2 saturated heterocycles. The highest BCUT2D eigenvalue weighted by molar-refractivity contribution is 7.99. The third kappa shape index (κ3) is 6.34. The van der Waals surface area contributed by atoms with Crippen molar-refractivity contribution < 1.29 is 22.7 Å². The number of benzene rings is 1. The molecule has 2 heterocycles. The number of ether oxygens (including phenoxy) is 2. The topological polar surface area (TPSA) is 97.0 Å². The van der Waals surface area contributed by atoms with Gasteiger partial charge in [-0.1, -0.05) is 6.92 Å². The number of carbonyl (C=O) groups excluding carboxylic acids is 1. The van der Waals surface area contributed by atoms with Gasteiger partial charge in [-0.25, -0.2) is 8.42 Å². The first kappa shape index (κ1) is 23.3. The van der Waals surface area contributed by atoms with Crippen LogP contribution in [0.4, 0.5) is 11.4 Å². The number of nitrogens with one attached hydrogen (secondary N) is 2. The fraction of sp³-hybridized carbons (Fsp3) is 0.650. The second-order valence-corrected chi connectivity index (χ2v) is 10.4. The van der Waals surface area contributed by atoms with Gasteiger partial charge < -0.3 is 20.1 Å². The van der Waals surface area contributed by atoms with E-state index in [1.807, 2.05) is 0 Å². The molecule has 2 aliphatic heterocycles. The van der Waals surface area contributed by atoms with E-state index in [2.05, 4.69) is 17.6 Å². The molecule has 2 N–H and O–H groups in total. The Labute approximate surface area is 183 Å². The van der Waals surface area contributed by atoms with Crippen LogP contribution in [0.25, 0.3) is 0 Å². The van der Waals surface area contributed by atoms with Gasteiger partial charge in [-0.05, 0) is 43.2 Å². The summed E-state index contributed by atoms with van der Waals surface area (Å²) in [4.78, 5) is 12.6. The Morgan fingerprint density at radius 1 is 1.23 bits per heavy atom. The minimum Gasteiger partial charge on any atom is -0.381 e. The molecule has 0 spiro atoms. The van der Waals surface area contributed by atoms with E-state index in [0.717, 1.165) is 31.6 Å². The van der Waals surface area contributed by atoms with E-state index in [1.54, 1.807) is 30.0 Å². The molecule has 1 aromatic rings. The molecule has 1 atom stereocenters. The van der Waals surface area contributed by atoms with Crippen LogP contribution in [-0.4, -0.2) is 75.7 Å². The zero-order valence-electron chi connectivity index (χ0n) is 17.4. The monoisotopic (exact) mass is 457 g/mol. The molecule has 3 rings (SSSR count). The Balaban J connectivity index is 1.78. The number of morpholine rings is 1. The van der Waals surface area contributed by atoms with Crippen LogP contribution in [0.3, 0.4) is 0 Å². The molecule has 1 amide bonds. The summed E-state index contributed by atoms with van der Waals surface area (Å²) in [5.74, 6) is 1.09. The van der Waals surface area contributed by atoms with Crippen molar-refractivity contribution >= 4 is 39.1 Å². The van der Waals surface area contributed by atoms with E-state index in [-0.39, 0.29) is 16.9 Å². The van der Waals surface area contributed by atoms with E-state index in [4.69, 9.17) is 9.47 Å². The molecule has 0 saturated carbocycles. The highest BCUT2D eigenvalue weighted by Gasteiger charge is 2.27. The lowest BCUT2D eigenvalue weighted by molar-refractivity contribution is -0.113. The number of amides is 1. The zero-order chi connectivity index (χ0) is 21.4. The van der Waals surface area contributed by atoms with Crippen LogP contribution in [0.1, 0.15) is 26.2 Å². The van der Waals surface area contributed by atoms with Gasteiger partial charge in [-0.3, -0.25) is 4.79 Å². The average molecular weight is 458 g/mol. The van der Waals surface area contributed by atoms with Gasteiger partial charge in [-0.15, -0.1) is 0 Å². The van der Waals surface area contributed by atoms with Crippen LogP contribution in [0.5, 0.6) is 0 Å². The van der Waals surface area contributed by atoms with Crippen molar-refractivity contribution in [3.8, 4) is 0 Å². The molecule has 1 unspecified atom stereocenters. The third-order valence-electron chi connectivity index (χ3n) is 5.00. The second-order valence-electron chi connectivity index (χ2n) is 7.34. The standard InChI is InChI=1S/C20H31N3O5S2/c1-2-12-29-15-20(24)22-19-13-17(30(25,26)23-7-10-27-11-8-23)5-6-18(19)21-14-16-4-3-9-28-16/h5-6,13,16,21H,2-4,7-12,14-15H2,1H3,(H,22,24). The van der Waals surface area contributed by atoms with Crippen molar-refractivity contribution in [1.82, 2.24) is 4.31 Å². The summed E-state index contributed by atoms with van der Waals surface area (Å²) in [5, 5.41) is 6.20. The largest absolute Gasteiger partial charge is 0.381 e. The van der Waals surface area contributed by atoms with Crippen molar-refractivity contribution in [2.75, 3.05) is 61.6 Å². The van der Waals surface area contributed by atoms with Crippen molar-refractivity contribution in [2.45, 2.75) is 37.2 Å². The smallest absolute Gasteiger partial charge is 0.243 e. The van der Waals surface area contributed by atoms with Crippen molar-refractivity contribution in [2.24, 2.45) is 0 Å². The number of hydrogen-bond donors (Lipinski definition) is 2. The van der Waals surface area contributed by atoms with Crippen LogP contribution in [0.15, 0.2) is 23.1 Å². The van der Waals surface area contributed by atoms with Crippen molar-refractivity contribution in [3.63, 3.8) is 0 Å². The Morgan fingerprint density at radius 2 is 2.03 bits per heavy atom. The highest BCUT2D eigenvalue weighted by atomic mass is 32.2. The molecule has 168 valence electrons. The lowest BCUT2D eigenvalue weighted by Gasteiger charge is -2.26. The van der Waals surface area contributed by atoms with Gasteiger partial charge in [0.25, 0.3) is 0 Å². The normalized spacial score (nSPS) is 20.2. The summed E-state index contributed by atoms with van der Waals surface area (Å²) < 4.78 is 38.4. The molecule has 0 aliphatic carbocycles. The number of thioether (sulfide) groups is 1. The molecule has 8 nitrogen and oxygen atoms in total. The van der Waals surface area contributed by atoms with Gasteiger partial charge in [-0.2, -0.15) is 16.1 Å². The summed E-state index contributed by atoms with van der Waals surface area (Å²) in [6, 6.07) is 4.85. The number of sulfonamides is 1. The molecular weight excluding hydrogens is 426 g/mol. The average Bonchev–Trinajstić information content (AvgIpc) is 3.27. The van der Waals surface area contributed by atoms with E-state index in [9.17, 15) is 13.2 Å². The second kappa shape index (κ2) is 11.3. The van der Waals surface area contributed by atoms with Crippen molar-refractivity contribution in [1.29, 1.82) is 0 Å². The first-order valence-corrected chi connectivity index (χ1v) is 13.0. The highest BCUT2D eigenvalue weighted by Crippen LogP contribution is 2.28. The molecule has 30 heavy (non-hydrogen) atoms. The Kier molecular flexibility index (Phi) is 8.82. The Bertz CT molecular complexity index is 807. The summed E-state index contributed by atoms with van der Waals surface area (Å²) in [6.07, 6.45) is 3.16. The Morgan fingerprint density at radius 3 is 2.73 bits per heavy atom. The maximum atomic E-state index is 13.0. The molecule has 1 aromatic carbocycles. The van der Waals surface area contributed by atoms with Gasteiger partial charge in [0.15, 0.2) is 0 Å². The summed E-state index contributed by atoms with van der Waals surface area (Å²) in [5.41, 5.74) is 1.17. The van der Waals surface area contributed by atoms with Crippen LogP contribution < -0.4 is 10.6 Å². The van der Waals surface area contributed by atoms with E-state index in [0.29, 0.717) is 50.0 Å². The first-order chi connectivity index (χ1) is 14.5. The number of carbonyl (C=O) groups is 1. The molecule has 2 aliphatic rings. The summed E-state index contributed by atoms with van der Waals surface area (Å²) >= 11 is 1.56. The quantitative estimate of drug-likeness (QED) is 0.521. The van der Waals surface area contributed by atoms with Gasteiger partial charge in [0.05, 0.1) is 41.3 Å². The maximum Gasteiger partial charge on any atom is 0.243 e. The Hall–Kier alpha value is -1.33. The molecule has 2 fully saturated rings. The predicted molar refractivity (Wildman–Crippen MR) is 120 cm³/mol. The minimum atomic E-state index is -3.64. The van der Waals surface area contributed by atoms with E-state index in [1.165, 1.54) is 4.31 Å². The number of rotatable bonds is 10. The van der Waals surface area contributed by atoms with Crippen LogP contribution in [0.2, 0.25) is 0 Å². The van der Waals surface area contributed by atoms with Gasteiger partial charge in [0.2, 0.25) is 15.9 Å². The molecule has 0 aromatic heterocycles. The third-order valence-corrected chi connectivity index (χ3v) is 8.06. The van der Waals surface area contributed by atoms with Crippen molar-refractivity contribution in [3.05, 3.63) is 18.2 Å². The van der Waals surface area contributed by atoms with Crippen LogP contribution in [-0.2, 0) is 24.3 Å². The molecule has 0 radical (unpaired) electrons. The summed E-state index contributed by atoms with van der Waals surface area (Å²) in [7, 11) is -3.64. The number of anilines is 2. The SMILES string of the molecule is CCCSCC(=O)Nc1cc(S(=O)(=O)N2CCOCC2)ccc1NCC1CCCO1. The van der Waals surface area contributed by atoms with Crippen LogP contribution in [0, 0.1) is 0 Å². The molecule has 10 heteroatoms. The van der Waals surface area contributed by atoms with Gasteiger partial charge >= 0.3 is 0 Å². The summed E-state index contributed by atoms with van der Waals surface area (Å²) in [6.45, 7) is 4.88. The van der Waals surface area contributed by atoms with E-state index < -0.39 is 10.0 Å². The van der Waals surface area contributed by atoms with E-state index >= 15 is 0 Å². The minimum absolute atomic E-state index is 0.130. The van der Waals surface area contributed by atoms with Gasteiger partial charge in [0.1, 0.15) is 0 Å². The lowest BCUT2D eigenvalue weighted by Crippen LogP contribution is -2.40. The number of nitrogens with zero attached hydrogens (tertiary/aromatic N) is 1. The predicted octanol–water partition coefficient (Wildman–Crippen LogP) is 2.38. The first-order valence-electron chi connectivity index (χ1n) is 10.5. The zero-order valence-corrected chi connectivity index (χ0v) is 19.0. The van der Waals surface area contributed by atoms with Crippen LogP contribution >= 0.6 is 11.8 Å². The molecule has 0 bridgehead atoms. The fourth-order valence-corrected chi connectivity index (χ4v) is 5.53. The lowest BCUT2D eigenvalue weighted by atomic mass is 10.2. The number of hydrogen-bond acceptors (Lipinski definition) is 7.